The first-order chi connectivity index (χ1) is 7.64. The Morgan fingerprint density at radius 3 is 2.50 bits per heavy atom. The average molecular weight is 220 g/mol. The molecule has 1 aromatic carbocycles. The van der Waals surface area contributed by atoms with Crippen molar-refractivity contribution < 1.29 is 0 Å². The highest BCUT2D eigenvalue weighted by Crippen LogP contribution is 2.17. The fraction of sp³-hybridized carbons (Fsp3) is 0.571. The van der Waals surface area contributed by atoms with Gasteiger partial charge in [0.25, 0.3) is 0 Å². The second-order valence-corrected chi connectivity index (χ2v) is 5.12. The number of rotatable bonds is 7. The van der Waals surface area contributed by atoms with Crippen molar-refractivity contribution in [1.82, 2.24) is 5.32 Å². The fourth-order valence-electron chi connectivity index (χ4n) is 1.78. The smallest absolute Gasteiger partial charge is 0.000312 e. The third-order valence-electron chi connectivity index (χ3n) is 2.86. The van der Waals surface area contributed by atoms with Gasteiger partial charge in [-0.25, -0.2) is 0 Å². The van der Waals surface area contributed by atoms with E-state index in [-0.39, 0.29) is 0 Å². The van der Waals surface area contributed by atoms with E-state index in [1.165, 1.54) is 5.56 Å². The maximum absolute atomic E-state index is 5.58. The highest BCUT2D eigenvalue weighted by Gasteiger charge is 2.15. The summed E-state index contributed by atoms with van der Waals surface area (Å²) in [6, 6.07) is 10.6. The van der Waals surface area contributed by atoms with Crippen molar-refractivity contribution in [3.8, 4) is 0 Å². The molecule has 0 bridgehead atoms. The van der Waals surface area contributed by atoms with Gasteiger partial charge in [-0.3, -0.25) is 0 Å². The zero-order chi connectivity index (χ0) is 11.9. The molecule has 0 saturated heterocycles. The Hall–Kier alpha value is -0.860. The molecule has 3 N–H and O–H groups in total. The summed E-state index contributed by atoms with van der Waals surface area (Å²) in [6.07, 6.45) is 2.17. The van der Waals surface area contributed by atoms with E-state index in [9.17, 15) is 0 Å². The van der Waals surface area contributed by atoms with Crippen LogP contribution in [0, 0.1) is 5.41 Å². The quantitative estimate of drug-likeness (QED) is 0.691. The average Bonchev–Trinajstić information content (AvgIpc) is 2.26. The highest BCUT2D eigenvalue weighted by molar-refractivity contribution is 5.14. The Labute approximate surface area is 99.2 Å². The van der Waals surface area contributed by atoms with E-state index in [1.54, 1.807) is 0 Å². The minimum absolute atomic E-state index is 0.311. The van der Waals surface area contributed by atoms with Gasteiger partial charge in [0.1, 0.15) is 0 Å². The van der Waals surface area contributed by atoms with Crippen molar-refractivity contribution >= 4 is 0 Å². The summed E-state index contributed by atoms with van der Waals surface area (Å²) in [7, 11) is 0. The summed E-state index contributed by atoms with van der Waals surface area (Å²) in [5.74, 6) is 0. The lowest BCUT2D eigenvalue weighted by atomic mass is 9.89. The molecule has 0 heterocycles. The third kappa shape index (κ3) is 5.29. The van der Waals surface area contributed by atoms with E-state index in [1.807, 2.05) is 0 Å². The van der Waals surface area contributed by atoms with E-state index in [4.69, 9.17) is 5.73 Å². The fourth-order valence-corrected chi connectivity index (χ4v) is 1.78. The van der Waals surface area contributed by atoms with Crippen LogP contribution in [-0.4, -0.2) is 19.6 Å². The molecule has 2 heteroatoms. The molecule has 0 spiro atoms. The molecular formula is C14H24N2. The topological polar surface area (TPSA) is 38.0 Å². The number of hydrogen-bond donors (Lipinski definition) is 2. The van der Waals surface area contributed by atoms with Gasteiger partial charge in [0.15, 0.2) is 0 Å². The first-order valence-corrected chi connectivity index (χ1v) is 6.09. The zero-order valence-electron chi connectivity index (χ0n) is 10.5. The van der Waals surface area contributed by atoms with Crippen molar-refractivity contribution in [2.75, 3.05) is 19.6 Å². The molecule has 0 amide bonds. The van der Waals surface area contributed by atoms with Gasteiger partial charge in [-0.05, 0) is 36.9 Å². The van der Waals surface area contributed by atoms with Gasteiger partial charge in [-0.1, -0.05) is 44.2 Å². The molecule has 0 radical (unpaired) electrons. The lowest BCUT2D eigenvalue weighted by molar-refractivity contribution is 0.321. The lowest BCUT2D eigenvalue weighted by Gasteiger charge is -2.24. The Bertz CT molecular complexity index is 280. The summed E-state index contributed by atoms with van der Waals surface area (Å²) < 4.78 is 0. The predicted octanol–water partition coefficient (Wildman–Crippen LogP) is 2.19. The van der Waals surface area contributed by atoms with Gasteiger partial charge in [-0.15, -0.1) is 0 Å². The first-order valence-electron chi connectivity index (χ1n) is 6.09. The maximum Gasteiger partial charge on any atom is 0.000312 e. The van der Waals surface area contributed by atoms with Crippen molar-refractivity contribution in [2.45, 2.75) is 26.7 Å². The molecule has 0 atom stereocenters. The van der Waals surface area contributed by atoms with Crippen molar-refractivity contribution in [1.29, 1.82) is 0 Å². The van der Waals surface area contributed by atoms with Gasteiger partial charge in [-0.2, -0.15) is 0 Å². The summed E-state index contributed by atoms with van der Waals surface area (Å²) in [6.45, 7) is 7.37. The van der Waals surface area contributed by atoms with Gasteiger partial charge in [0.2, 0.25) is 0 Å². The summed E-state index contributed by atoms with van der Waals surface area (Å²) in [5.41, 5.74) is 7.29. The highest BCUT2D eigenvalue weighted by atomic mass is 14.9. The third-order valence-corrected chi connectivity index (χ3v) is 2.86. The number of nitrogens with two attached hydrogens (primary N) is 1. The SMILES string of the molecule is CC(C)(CCN)CNCCc1ccccc1. The van der Waals surface area contributed by atoms with Crippen molar-refractivity contribution in [2.24, 2.45) is 11.1 Å². The molecule has 0 aromatic heterocycles. The molecule has 1 rings (SSSR count). The van der Waals surface area contributed by atoms with Crippen LogP contribution in [0.5, 0.6) is 0 Å². The normalized spacial score (nSPS) is 11.7. The number of hydrogen-bond acceptors (Lipinski definition) is 2. The van der Waals surface area contributed by atoms with E-state index in [0.717, 1.165) is 32.5 Å². The monoisotopic (exact) mass is 220 g/mol. The molecule has 0 aliphatic heterocycles. The van der Waals surface area contributed by atoms with Gasteiger partial charge in [0.05, 0.1) is 0 Å². The Balaban J connectivity index is 2.17. The van der Waals surface area contributed by atoms with Crippen LogP contribution in [0.25, 0.3) is 0 Å². The van der Waals surface area contributed by atoms with Crippen LogP contribution in [-0.2, 0) is 6.42 Å². The van der Waals surface area contributed by atoms with E-state index >= 15 is 0 Å². The van der Waals surface area contributed by atoms with Crippen molar-refractivity contribution in [3.05, 3.63) is 35.9 Å². The molecule has 0 fully saturated rings. The summed E-state index contributed by atoms with van der Waals surface area (Å²) in [5, 5.41) is 3.50. The molecule has 0 unspecified atom stereocenters. The molecule has 90 valence electrons. The van der Waals surface area contributed by atoms with E-state index < -0.39 is 0 Å². The Morgan fingerprint density at radius 1 is 1.19 bits per heavy atom. The minimum atomic E-state index is 0.311. The van der Waals surface area contributed by atoms with E-state index in [0.29, 0.717) is 5.41 Å². The molecule has 2 nitrogen and oxygen atoms in total. The standard InChI is InChI=1S/C14H24N2/c1-14(2,9-10-15)12-16-11-8-13-6-4-3-5-7-13/h3-7,16H,8-12,15H2,1-2H3. The molecular weight excluding hydrogens is 196 g/mol. The Kier molecular flexibility index (Phi) is 5.50. The lowest BCUT2D eigenvalue weighted by Crippen LogP contribution is -2.32. The van der Waals surface area contributed by atoms with Crippen LogP contribution in [0.1, 0.15) is 25.8 Å². The molecule has 0 aliphatic carbocycles. The number of nitrogens with one attached hydrogen (secondary N) is 1. The molecule has 16 heavy (non-hydrogen) atoms. The van der Waals surface area contributed by atoms with Crippen LogP contribution in [0.15, 0.2) is 30.3 Å². The maximum atomic E-state index is 5.58. The van der Waals surface area contributed by atoms with Crippen molar-refractivity contribution in [3.63, 3.8) is 0 Å². The molecule has 0 saturated carbocycles. The van der Waals surface area contributed by atoms with Crippen LogP contribution < -0.4 is 11.1 Å². The van der Waals surface area contributed by atoms with Crippen LogP contribution >= 0.6 is 0 Å². The van der Waals surface area contributed by atoms with Gasteiger partial charge in [0, 0.05) is 6.54 Å². The number of benzene rings is 1. The second-order valence-electron chi connectivity index (χ2n) is 5.12. The van der Waals surface area contributed by atoms with Gasteiger partial charge < -0.3 is 11.1 Å². The molecule has 0 aliphatic rings. The van der Waals surface area contributed by atoms with Crippen LogP contribution in [0.2, 0.25) is 0 Å². The molecule has 1 aromatic rings. The van der Waals surface area contributed by atoms with Crippen LogP contribution in [0.4, 0.5) is 0 Å². The van der Waals surface area contributed by atoms with E-state index in [2.05, 4.69) is 49.5 Å². The zero-order valence-corrected chi connectivity index (χ0v) is 10.5. The first kappa shape index (κ1) is 13.2. The summed E-state index contributed by atoms with van der Waals surface area (Å²) in [4.78, 5) is 0. The Morgan fingerprint density at radius 2 is 1.88 bits per heavy atom. The largest absolute Gasteiger partial charge is 0.330 e. The van der Waals surface area contributed by atoms with Crippen LogP contribution in [0.3, 0.4) is 0 Å². The van der Waals surface area contributed by atoms with Gasteiger partial charge >= 0.3 is 0 Å². The minimum Gasteiger partial charge on any atom is -0.330 e. The summed E-state index contributed by atoms with van der Waals surface area (Å²) >= 11 is 0. The second kappa shape index (κ2) is 6.66. The predicted molar refractivity (Wildman–Crippen MR) is 70.5 cm³/mol.